The Morgan fingerprint density at radius 3 is 2.70 bits per heavy atom. The van der Waals surface area contributed by atoms with E-state index in [1.54, 1.807) is 12.1 Å². The van der Waals surface area contributed by atoms with Gasteiger partial charge in [0.05, 0.1) is 4.92 Å². The summed E-state index contributed by atoms with van der Waals surface area (Å²) in [6, 6.07) is 8.94. The van der Waals surface area contributed by atoms with Gasteiger partial charge in [0.25, 0.3) is 5.69 Å². The molecule has 0 amide bonds. The molecule has 3 N–H and O–H groups in total. The Morgan fingerprint density at radius 1 is 1.30 bits per heavy atom. The molecule has 0 fully saturated rings. The highest BCUT2D eigenvalue weighted by Crippen LogP contribution is 2.25. The second-order valence-electron chi connectivity index (χ2n) is 4.12. The van der Waals surface area contributed by atoms with Crippen LogP contribution in [-0.4, -0.2) is 4.92 Å². The molecule has 2 rings (SSSR count). The van der Waals surface area contributed by atoms with Gasteiger partial charge in [-0.1, -0.05) is 15.9 Å². The van der Waals surface area contributed by atoms with Crippen molar-refractivity contribution in [1.29, 1.82) is 0 Å². The quantitative estimate of drug-likeness (QED) is 0.505. The van der Waals surface area contributed by atoms with E-state index in [1.807, 2.05) is 0 Å². The molecule has 0 aliphatic rings. The minimum Gasteiger partial charge on any atom is -0.393 e. The number of nitro benzene ring substituents is 1. The van der Waals surface area contributed by atoms with Gasteiger partial charge in [-0.3, -0.25) is 10.1 Å². The summed E-state index contributed by atoms with van der Waals surface area (Å²) < 4.78 is 14.3. The largest absolute Gasteiger partial charge is 0.393 e. The molecule has 20 heavy (non-hydrogen) atoms. The first-order valence-electron chi connectivity index (χ1n) is 5.69. The lowest BCUT2D eigenvalue weighted by Crippen LogP contribution is -2.03. The number of nitrogens with one attached hydrogen (secondary N) is 1. The highest BCUT2D eigenvalue weighted by atomic mass is 79.9. The molecule has 0 atom stereocenters. The van der Waals surface area contributed by atoms with Crippen molar-refractivity contribution in [3.63, 3.8) is 0 Å². The lowest BCUT2D eigenvalue weighted by atomic mass is 10.2. The fraction of sp³-hybridized carbons (Fsp3) is 0.0769. The van der Waals surface area contributed by atoms with E-state index in [0.29, 0.717) is 11.3 Å². The summed E-state index contributed by atoms with van der Waals surface area (Å²) in [5.41, 5.74) is 6.57. The molecule has 0 heterocycles. The van der Waals surface area contributed by atoms with E-state index in [-0.39, 0.29) is 23.7 Å². The topological polar surface area (TPSA) is 81.2 Å². The number of halogens is 2. The summed E-state index contributed by atoms with van der Waals surface area (Å²) in [4.78, 5) is 10.1. The highest BCUT2D eigenvalue weighted by molar-refractivity contribution is 9.10. The number of nitrogen functional groups attached to an aromatic ring is 1. The minimum atomic E-state index is -0.549. The van der Waals surface area contributed by atoms with Gasteiger partial charge >= 0.3 is 0 Å². The van der Waals surface area contributed by atoms with Crippen LogP contribution in [0, 0.1) is 15.9 Å². The van der Waals surface area contributed by atoms with Gasteiger partial charge in [0.15, 0.2) is 0 Å². The average molecular weight is 340 g/mol. The Labute approximate surface area is 122 Å². The zero-order valence-electron chi connectivity index (χ0n) is 10.3. The summed E-state index contributed by atoms with van der Waals surface area (Å²) in [5.74, 6) is -0.324. The van der Waals surface area contributed by atoms with E-state index in [9.17, 15) is 14.5 Å². The zero-order chi connectivity index (χ0) is 14.7. The first-order chi connectivity index (χ1) is 9.47. The molecule has 2 aromatic rings. The number of anilines is 2. The molecular weight excluding hydrogens is 329 g/mol. The second-order valence-corrected chi connectivity index (χ2v) is 5.04. The predicted octanol–water partition coefficient (Wildman–Crippen LogP) is 3.69. The van der Waals surface area contributed by atoms with Crippen LogP contribution in [0.15, 0.2) is 40.9 Å². The number of rotatable bonds is 4. The molecule has 104 valence electrons. The van der Waals surface area contributed by atoms with Crippen molar-refractivity contribution < 1.29 is 9.31 Å². The van der Waals surface area contributed by atoms with Crippen molar-refractivity contribution in [3.8, 4) is 0 Å². The predicted molar refractivity (Wildman–Crippen MR) is 78.9 cm³/mol. The van der Waals surface area contributed by atoms with Crippen molar-refractivity contribution in [3.05, 3.63) is 62.4 Å². The van der Waals surface area contributed by atoms with Gasteiger partial charge in [0, 0.05) is 28.3 Å². The lowest BCUT2D eigenvalue weighted by Gasteiger charge is -2.08. The number of nitrogens with zero attached hydrogens (tertiary/aromatic N) is 1. The van der Waals surface area contributed by atoms with Crippen LogP contribution < -0.4 is 11.1 Å². The maximum absolute atomic E-state index is 13.5. The number of benzene rings is 2. The van der Waals surface area contributed by atoms with Crippen LogP contribution in [-0.2, 0) is 6.54 Å². The molecule has 2 aromatic carbocycles. The summed E-state index contributed by atoms with van der Waals surface area (Å²) in [6.45, 7) is 0.253. The molecule has 0 aliphatic heterocycles. The van der Waals surface area contributed by atoms with Gasteiger partial charge in [0.2, 0.25) is 0 Å². The van der Waals surface area contributed by atoms with Crippen molar-refractivity contribution in [1.82, 2.24) is 0 Å². The van der Waals surface area contributed by atoms with Crippen LogP contribution in [0.5, 0.6) is 0 Å². The molecule has 0 aliphatic carbocycles. The molecule has 5 nitrogen and oxygen atoms in total. The van der Waals surface area contributed by atoms with Crippen LogP contribution in [0.2, 0.25) is 0 Å². The Morgan fingerprint density at radius 2 is 2.05 bits per heavy atom. The molecule has 0 saturated heterocycles. The molecule has 0 radical (unpaired) electrons. The molecule has 0 aromatic heterocycles. The zero-order valence-corrected chi connectivity index (χ0v) is 11.9. The molecule has 0 saturated carbocycles. The summed E-state index contributed by atoms with van der Waals surface area (Å²) >= 11 is 3.27. The first-order valence-corrected chi connectivity index (χ1v) is 6.48. The van der Waals surface area contributed by atoms with Crippen LogP contribution in [0.3, 0.4) is 0 Å². The highest BCUT2D eigenvalue weighted by Gasteiger charge is 2.11. The van der Waals surface area contributed by atoms with Crippen LogP contribution in [0.1, 0.15) is 5.56 Å². The number of nitro groups is 1. The Bertz CT molecular complexity index is 664. The maximum Gasteiger partial charge on any atom is 0.292 e. The summed E-state index contributed by atoms with van der Waals surface area (Å²) in [6.07, 6.45) is 0. The Balaban J connectivity index is 2.13. The molecular formula is C13H11BrFN3O2. The second kappa shape index (κ2) is 5.87. The van der Waals surface area contributed by atoms with Gasteiger partial charge in [0.1, 0.15) is 11.5 Å². The van der Waals surface area contributed by atoms with Crippen LogP contribution in [0.4, 0.5) is 21.5 Å². The third-order valence-corrected chi connectivity index (χ3v) is 3.21. The number of nitrogens with two attached hydrogens (primary N) is 1. The third kappa shape index (κ3) is 3.24. The summed E-state index contributed by atoms with van der Waals surface area (Å²) in [5, 5.41) is 13.6. The third-order valence-electron chi connectivity index (χ3n) is 2.71. The Kier molecular flexibility index (Phi) is 4.19. The van der Waals surface area contributed by atoms with Crippen molar-refractivity contribution in [2.24, 2.45) is 0 Å². The van der Waals surface area contributed by atoms with Gasteiger partial charge in [-0.2, -0.15) is 0 Å². The van der Waals surface area contributed by atoms with Gasteiger partial charge < -0.3 is 11.1 Å². The van der Waals surface area contributed by atoms with Crippen LogP contribution >= 0.6 is 15.9 Å². The van der Waals surface area contributed by atoms with E-state index in [2.05, 4.69) is 21.2 Å². The van der Waals surface area contributed by atoms with Crippen molar-refractivity contribution in [2.75, 3.05) is 11.1 Å². The van der Waals surface area contributed by atoms with Gasteiger partial charge in [-0.05, 0) is 30.3 Å². The van der Waals surface area contributed by atoms with E-state index >= 15 is 0 Å². The molecule has 0 spiro atoms. The van der Waals surface area contributed by atoms with Crippen molar-refractivity contribution >= 4 is 33.0 Å². The van der Waals surface area contributed by atoms with E-state index in [4.69, 9.17) is 5.73 Å². The SMILES string of the molecule is Nc1cc(NCc2cc(Br)ccc2F)ccc1[N+](=O)[O-]. The number of hydrogen-bond acceptors (Lipinski definition) is 4. The number of hydrogen-bond donors (Lipinski definition) is 2. The van der Waals surface area contributed by atoms with E-state index in [0.717, 1.165) is 4.47 Å². The monoisotopic (exact) mass is 339 g/mol. The van der Waals surface area contributed by atoms with Crippen LogP contribution in [0.25, 0.3) is 0 Å². The molecule has 0 bridgehead atoms. The van der Waals surface area contributed by atoms with Crippen molar-refractivity contribution in [2.45, 2.75) is 6.54 Å². The average Bonchev–Trinajstić information content (AvgIpc) is 2.39. The van der Waals surface area contributed by atoms with E-state index in [1.165, 1.54) is 24.3 Å². The van der Waals surface area contributed by atoms with Gasteiger partial charge in [-0.25, -0.2) is 4.39 Å². The molecule has 0 unspecified atom stereocenters. The summed E-state index contributed by atoms with van der Waals surface area (Å²) in [7, 11) is 0. The lowest BCUT2D eigenvalue weighted by molar-refractivity contribution is -0.383. The normalized spacial score (nSPS) is 10.3. The van der Waals surface area contributed by atoms with E-state index < -0.39 is 4.92 Å². The standard InChI is InChI=1S/C13H11BrFN3O2/c14-9-1-3-11(15)8(5-9)7-17-10-2-4-13(18(19)20)12(16)6-10/h1-6,17H,7,16H2. The minimum absolute atomic E-state index is 0.0646. The fourth-order valence-corrected chi connectivity index (χ4v) is 2.12. The fourth-order valence-electron chi connectivity index (χ4n) is 1.71. The maximum atomic E-state index is 13.5. The van der Waals surface area contributed by atoms with Gasteiger partial charge in [-0.15, -0.1) is 0 Å². The first kappa shape index (κ1) is 14.3. The smallest absolute Gasteiger partial charge is 0.292 e. The molecule has 7 heteroatoms. The Hall–Kier alpha value is -2.15.